The Morgan fingerprint density at radius 2 is 1.79 bits per heavy atom. The Kier molecular flexibility index (Phi) is 5.16. The lowest BCUT2D eigenvalue weighted by atomic mass is 9.96. The minimum Gasteiger partial charge on any atom is -0.271 e. The SMILES string of the molecule is Cc1c(Br)cccc1C(Cc1ccc(Br)cc1)NN. The fourth-order valence-corrected chi connectivity index (χ4v) is 2.76. The van der Waals surface area contributed by atoms with Crippen LogP contribution in [0.4, 0.5) is 0 Å². The molecule has 3 N–H and O–H groups in total. The van der Waals surface area contributed by atoms with Crippen molar-refractivity contribution in [2.45, 2.75) is 19.4 Å². The van der Waals surface area contributed by atoms with Crippen molar-refractivity contribution in [3.63, 3.8) is 0 Å². The van der Waals surface area contributed by atoms with Gasteiger partial charge in [-0.1, -0.05) is 56.1 Å². The van der Waals surface area contributed by atoms with E-state index in [9.17, 15) is 0 Å². The molecule has 19 heavy (non-hydrogen) atoms. The zero-order valence-electron chi connectivity index (χ0n) is 10.7. The fourth-order valence-electron chi connectivity index (χ4n) is 2.12. The van der Waals surface area contributed by atoms with Gasteiger partial charge in [0.15, 0.2) is 0 Å². The summed E-state index contributed by atoms with van der Waals surface area (Å²) in [6, 6.07) is 14.6. The molecule has 1 unspecified atom stereocenters. The molecule has 0 aromatic heterocycles. The third-order valence-electron chi connectivity index (χ3n) is 3.24. The highest BCUT2D eigenvalue weighted by Crippen LogP contribution is 2.26. The molecule has 0 spiro atoms. The van der Waals surface area contributed by atoms with Crippen molar-refractivity contribution in [1.29, 1.82) is 0 Å². The summed E-state index contributed by atoms with van der Waals surface area (Å²) >= 11 is 7.01. The van der Waals surface area contributed by atoms with Crippen molar-refractivity contribution >= 4 is 31.9 Å². The Hall–Kier alpha value is -0.680. The second-order valence-corrected chi connectivity index (χ2v) is 6.27. The van der Waals surface area contributed by atoms with Crippen LogP contribution in [-0.4, -0.2) is 0 Å². The zero-order chi connectivity index (χ0) is 13.8. The predicted molar refractivity (Wildman–Crippen MR) is 86.8 cm³/mol. The smallest absolute Gasteiger partial charge is 0.0503 e. The van der Waals surface area contributed by atoms with Gasteiger partial charge in [0.2, 0.25) is 0 Å². The number of hydrazine groups is 1. The molecule has 100 valence electrons. The monoisotopic (exact) mass is 382 g/mol. The van der Waals surface area contributed by atoms with Gasteiger partial charge in [-0.3, -0.25) is 11.3 Å². The summed E-state index contributed by atoms with van der Waals surface area (Å²) in [6.07, 6.45) is 0.862. The number of benzene rings is 2. The van der Waals surface area contributed by atoms with E-state index in [0.717, 1.165) is 15.4 Å². The van der Waals surface area contributed by atoms with Crippen LogP contribution in [0.3, 0.4) is 0 Å². The molecule has 2 nitrogen and oxygen atoms in total. The third-order valence-corrected chi connectivity index (χ3v) is 4.63. The van der Waals surface area contributed by atoms with E-state index in [1.54, 1.807) is 0 Å². The average molecular weight is 384 g/mol. The number of hydrogen-bond acceptors (Lipinski definition) is 2. The van der Waals surface area contributed by atoms with Crippen LogP contribution in [0.15, 0.2) is 51.4 Å². The Bertz CT molecular complexity index is 553. The number of halogens is 2. The Labute approximate surface area is 130 Å². The average Bonchev–Trinajstić information content (AvgIpc) is 2.42. The topological polar surface area (TPSA) is 38.0 Å². The maximum absolute atomic E-state index is 5.73. The van der Waals surface area contributed by atoms with Gasteiger partial charge in [-0.15, -0.1) is 0 Å². The summed E-state index contributed by atoms with van der Waals surface area (Å²) in [5.41, 5.74) is 6.62. The number of rotatable bonds is 4. The van der Waals surface area contributed by atoms with E-state index < -0.39 is 0 Å². The summed E-state index contributed by atoms with van der Waals surface area (Å²) in [7, 11) is 0. The fraction of sp³-hybridized carbons (Fsp3) is 0.200. The molecule has 1 atom stereocenters. The molecule has 2 rings (SSSR count). The maximum atomic E-state index is 5.73. The number of hydrogen-bond donors (Lipinski definition) is 2. The van der Waals surface area contributed by atoms with Gasteiger partial charge >= 0.3 is 0 Å². The van der Waals surface area contributed by atoms with Crippen LogP contribution in [0.5, 0.6) is 0 Å². The standard InChI is InChI=1S/C15H16Br2N2/c1-10-13(3-2-4-14(10)17)15(19-18)9-11-5-7-12(16)8-6-11/h2-8,15,19H,9,18H2,1H3. The largest absolute Gasteiger partial charge is 0.271 e. The molecule has 4 heteroatoms. The molecule has 0 saturated carbocycles. The van der Waals surface area contributed by atoms with Gasteiger partial charge in [-0.05, 0) is 48.2 Å². The van der Waals surface area contributed by atoms with Gasteiger partial charge in [0.05, 0.1) is 6.04 Å². The highest BCUT2D eigenvalue weighted by atomic mass is 79.9. The Balaban J connectivity index is 2.25. The van der Waals surface area contributed by atoms with E-state index in [0.29, 0.717) is 0 Å². The Morgan fingerprint density at radius 1 is 1.11 bits per heavy atom. The van der Waals surface area contributed by atoms with Crippen molar-refractivity contribution in [1.82, 2.24) is 5.43 Å². The minimum atomic E-state index is 0.110. The first kappa shape index (κ1) is 14.7. The lowest BCUT2D eigenvalue weighted by Crippen LogP contribution is -2.30. The van der Waals surface area contributed by atoms with Crippen LogP contribution < -0.4 is 11.3 Å². The molecule has 0 heterocycles. The minimum absolute atomic E-state index is 0.110. The lowest BCUT2D eigenvalue weighted by molar-refractivity contribution is 0.549. The van der Waals surface area contributed by atoms with Crippen molar-refractivity contribution in [2.75, 3.05) is 0 Å². The molecule has 0 amide bonds. The van der Waals surface area contributed by atoms with Crippen LogP contribution in [0.1, 0.15) is 22.7 Å². The van der Waals surface area contributed by atoms with E-state index in [2.05, 4.69) is 74.5 Å². The summed E-state index contributed by atoms with van der Waals surface area (Å²) in [4.78, 5) is 0. The molecule has 2 aromatic rings. The third kappa shape index (κ3) is 3.66. The highest BCUT2D eigenvalue weighted by molar-refractivity contribution is 9.10. The van der Waals surface area contributed by atoms with E-state index in [4.69, 9.17) is 5.84 Å². The number of nitrogens with two attached hydrogens (primary N) is 1. The number of nitrogens with one attached hydrogen (secondary N) is 1. The van der Waals surface area contributed by atoms with Crippen LogP contribution in [-0.2, 0) is 6.42 Å². The first-order chi connectivity index (χ1) is 9.11. The molecular formula is C15H16Br2N2. The van der Waals surface area contributed by atoms with Gasteiger partial charge in [0, 0.05) is 8.95 Å². The zero-order valence-corrected chi connectivity index (χ0v) is 13.8. The Morgan fingerprint density at radius 3 is 2.42 bits per heavy atom. The lowest BCUT2D eigenvalue weighted by Gasteiger charge is -2.19. The summed E-state index contributed by atoms with van der Waals surface area (Å²) in [5.74, 6) is 5.73. The van der Waals surface area contributed by atoms with Crippen LogP contribution in [0.2, 0.25) is 0 Å². The normalized spacial score (nSPS) is 12.4. The first-order valence-corrected chi connectivity index (χ1v) is 7.66. The quantitative estimate of drug-likeness (QED) is 0.611. The van der Waals surface area contributed by atoms with Gasteiger partial charge < -0.3 is 0 Å². The molecule has 0 aliphatic rings. The second-order valence-electron chi connectivity index (χ2n) is 4.50. The van der Waals surface area contributed by atoms with Crippen molar-refractivity contribution in [2.24, 2.45) is 5.84 Å². The van der Waals surface area contributed by atoms with Crippen molar-refractivity contribution in [3.8, 4) is 0 Å². The summed E-state index contributed by atoms with van der Waals surface area (Å²) < 4.78 is 2.20. The second kappa shape index (κ2) is 6.66. The van der Waals surface area contributed by atoms with Crippen LogP contribution in [0.25, 0.3) is 0 Å². The van der Waals surface area contributed by atoms with E-state index in [1.165, 1.54) is 16.7 Å². The van der Waals surface area contributed by atoms with Gasteiger partial charge in [-0.25, -0.2) is 0 Å². The molecule has 0 radical (unpaired) electrons. The molecule has 0 aliphatic heterocycles. The highest BCUT2D eigenvalue weighted by Gasteiger charge is 2.14. The van der Waals surface area contributed by atoms with Crippen molar-refractivity contribution < 1.29 is 0 Å². The van der Waals surface area contributed by atoms with Gasteiger partial charge in [0.25, 0.3) is 0 Å². The van der Waals surface area contributed by atoms with Gasteiger partial charge in [0.1, 0.15) is 0 Å². The summed E-state index contributed by atoms with van der Waals surface area (Å²) in [5, 5.41) is 0. The summed E-state index contributed by atoms with van der Waals surface area (Å²) in [6.45, 7) is 2.10. The maximum Gasteiger partial charge on any atom is 0.0503 e. The van der Waals surface area contributed by atoms with E-state index >= 15 is 0 Å². The van der Waals surface area contributed by atoms with Crippen molar-refractivity contribution in [3.05, 3.63) is 68.1 Å². The molecule has 0 bridgehead atoms. The van der Waals surface area contributed by atoms with E-state index in [1.807, 2.05) is 12.1 Å². The molecule has 2 aromatic carbocycles. The molecule has 0 fully saturated rings. The van der Waals surface area contributed by atoms with Crippen LogP contribution in [0, 0.1) is 6.92 Å². The van der Waals surface area contributed by atoms with Gasteiger partial charge in [-0.2, -0.15) is 0 Å². The molecule has 0 saturated heterocycles. The van der Waals surface area contributed by atoms with E-state index in [-0.39, 0.29) is 6.04 Å². The first-order valence-electron chi connectivity index (χ1n) is 6.07. The molecule has 0 aliphatic carbocycles. The predicted octanol–water partition coefficient (Wildman–Crippen LogP) is 4.27. The van der Waals surface area contributed by atoms with Crippen LogP contribution >= 0.6 is 31.9 Å². The molecular weight excluding hydrogens is 368 g/mol.